The molecule has 0 spiro atoms. The average molecular weight is 516 g/mol. The smallest absolute Gasteiger partial charge is 0.258 e. The number of carbonyl (C=O) groups excluding carboxylic acids is 3. The van der Waals surface area contributed by atoms with Crippen molar-refractivity contribution in [3.63, 3.8) is 0 Å². The lowest BCUT2D eigenvalue weighted by atomic mass is 10.1. The summed E-state index contributed by atoms with van der Waals surface area (Å²) in [7, 11) is 1.61. The van der Waals surface area contributed by atoms with E-state index in [2.05, 4.69) is 12.2 Å². The molecule has 1 heterocycles. The number of nitrogens with zero attached hydrogens (tertiary/aromatic N) is 2. The molecule has 3 aromatic carbocycles. The Morgan fingerprint density at radius 3 is 2.42 bits per heavy atom. The van der Waals surface area contributed by atoms with Gasteiger partial charge in [0.1, 0.15) is 11.8 Å². The second-order valence-corrected chi connectivity index (χ2v) is 9.68. The van der Waals surface area contributed by atoms with Gasteiger partial charge in [0.05, 0.1) is 12.8 Å². The molecule has 3 amide bonds. The van der Waals surface area contributed by atoms with Crippen molar-refractivity contribution in [1.82, 2.24) is 10.2 Å². The fraction of sp³-hybridized carbons (Fsp3) is 0.387. The number of anilines is 1. The molecule has 0 aromatic heterocycles. The highest BCUT2D eigenvalue weighted by Gasteiger charge is 2.31. The predicted octanol–water partition coefficient (Wildman–Crippen LogP) is 5.31. The van der Waals surface area contributed by atoms with Crippen LogP contribution in [0.1, 0.15) is 61.9 Å². The Hall–Kier alpha value is -3.87. The molecule has 1 atom stereocenters. The quantitative estimate of drug-likeness (QED) is 0.313. The summed E-state index contributed by atoms with van der Waals surface area (Å²) >= 11 is 0. The summed E-state index contributed by atoms with van der Waals surface area (Å²) in [5.41, 5.74) is 2.53. The van der Waals surface area contributed by atoms with Crippen LogP contribution in [-0.2, 0) is 16.1 Å². The maximum Gasteiger partial charge on any atom is 0.258 e. The molecule has 38 heavy (non-hydrogen) atoms. The number of hydrogen-bond donors (Lipinski definition) is 1. The largest absolute Gasteiger partial charge is 0.497 e. The molecule has 0 fully saturated rings. The van der Waals surface area contributed by atoms with Crippen molar-refractivity contribution >= 4 is 34.2 Å². The maximum absolute atomic E-state index is 13.6. The highest BCUT2D eigenvalue weighted by Crippen LogP contribution is 2.37. The van der Waals surface area contributed by atoms with Crippen molar-refractivity contribution in [3.8, 4) is 5.75 Å². The molecule has 0 unspecified atom stereocenters. The second-order valence-electron chi connectivity index (χ2n) is 9.68. The zero-order valence-corrected chi connectivity index (χ0v) is 22.5. The van der Waals surface area contributed by atoms with Gasteiger partial charge in [-0.3, -0.25) is 14.4 Å². The molecule has 7 nitrogen and oxygen atoms in total. The lowest BCUT2D eigenvalue weighted by molar-refractivity contribution is -0.141. The topological polar surface area (TPSA) is 79.0 Å². The van der Waals surface area contributed by atoms with Crippen LogP contribution in [0.15, 0.2) is 60.7 Å². The van der Waals surface area contributed by atoms with E-state index in [-0.39, 0.29) is 24.1 Å². The van der Waals surface area contributed by atoms with Crippen molar-refractivity contribution < 1.29 is 19.1 Å². The van der Waals surface area contributed by atoms with Crippen molar-refractivity contribution in [2.75, 3.05) is 25.1 Å². The third-order valence-corrected chi connectivity index (χ3v) is 7.15. The van der Waals surface area contributed by atoms with E-state index in [4.69, 9.17) is 4.74 Å². The van der Waals surface area contributed by atoms with Crippen LogP contribution in [0, 0.1) is 0 Å². The normalized spacial score (nSPS) is 13.0. The molecule has 200 valence electrons. The standard InChI is InChI=1S/C31H37N3O4/c1-4-6-19-32-30(36)26(5-2)34(21-22-15-17-24(38-3)18-16-22)28(35)14-9-20-33-27-13-8-11-23-10-7-12-25(29(23)27)31(33)37/h7-8,10-13,15-18,26H,4-6,9,14,19-21H2,1-3H3,(H,32,36)/t26-/m1/s1. The summed E-state index contributed by atoms with van der Waals surface area (Å²) < 4.78 is 5.26. The van der Waals surface area contributed by atoms with Gasteiger partial charge in [-0.1, -0.05) is 56.7 Å². The van der Waals surface area contributed by atoms with Gasteiger partial charge in [-0.05, 0) is 54.5 Å². The van der Waals surface area contributed by atoms with Gasteiger partial charge >= 0.3 is 0 Å². The van der Waals surface area contributed by atoms with Crippen LogP contribution in [0.2, 0.25) is 0 Å². The number of benzene rings is 3. The third-order valence-electron chi connectivity index (χ3n) is 7.15. The summed E-state index contributed by atoms with van der Waals surface area (Å²) in [5, 5.41) is 5.01. The van der Waals surface area contributed by atoms with E-state index < -0.39 is 6.04 Å². The minimum Gasteiger partial charge on any atom is -0.497 e. The fourth-order valence-electron chi connectivity index (χ4n) is 5.09. The number of nitrogens with one attached hydrogen (secondary N) is 1. The van der Waals surface area contributed by atoms with E-state index >= 15 is 0 Å². The average Bonchev–Trinajstić information content (AvgIpc) is 3.21. The molecule has 3 aromatic rings. The molecular formula is C31H37N3O4. The number of hydrogen-bond acceptors (Lipinski definition) is 4. The van der Waals surface area contributed by atoms with Crippen LogP contribution in [0.4, 0.5) is 5.69 Å². The summed E-state index contributed by atoms with van der Waals surface area (Å²) in [6, 6.07) is 18.7. The monoisotopic (exact) mass is 515 g/mol. The first-order valence-electron chi connectivity index (χ1n) is 13.5. The van der Waals surface area contributed by atoms with Crippen molar-refractivity contribution in [2.24, 2.45) is 0 Å². The van der Waals surface area contributed by atoms with Crippen LogP contribution in [0.3, 0.4) is 0 Å². The Balaban J connectivity index is 1.47. The predicted molar refractivity (Wildman–Crippen MR) is 150 cm³/mol. The van der Waals surface area contributed by atoms with Gasteiger partial charge < -0.3 is 19.9 Å². The summed E-state index contributed by atoms with van der Waals surface area (Å²) in [6.45, 7) is 5.37. The molecule has 0 bridgehead atoms. The van der Waals surface area contributed by atoms with Crippen LogP contribution in [0.5, 0.6) is 5.75 Å². The molecule has 0 radical (unpaired) electrons. The van der Waals surface area contributed by atoms with Gasteiger partial charge in [-0.25, -0.2) is 0 Å². The van der Waals surface area contributed by atoms with Gasteiger partial charge in [0, 0.05) is 37.0 Å². The number of methoxy groups -OCH3 is 1. The summed E-state index contributed by atoms with van der Waals surface area (Å²) in [6.07, 6.45) is 3.14. The number of ether oxygens (including phenoxy) is 1. The molecule has 0 saturated heterocycles. The summed E-state index contributed by atoms with van der Waals surface area (Å²) in [4.78, 5) is 43.2. The third kappa shape index (κ3) is 5.82. The molecule has 1 N–H and O–H groups in total. The van der Waals surface area contributed by atoms with Crippen molar-refractivity contribution in [1.29, 1.82) is 0 Å². The Morgan fingerprint density at radius 2 is 1.74 bits per heavy atom. The number of rotatable bonds is 13. The zero-order valence-electron chi connectivity index (χ0n) is 22.5. The van der Waals surface area contributed by atoms with E-state index in [0.29, 0.717) is 38.0 Å². The van der Waals surface area contributed by atoms with E-state index in [1.165, 1.54) is 0 Å². The van der Waals surface area contributed by atoms with Gasteiger partial charge in [0.25, 0.3) is 5.91 Å². The number of unbranched alkanes of at least 4 members (excludes halogenated alkanes) is 1. The second kappa shape index (κ2) is 12.6. The minimum absolute atomic E-state index is 0.0268. The van der Waals surface area contributed by atoms with Gasteiger partial charge in [0.2, 0.25) is 11.8 Å². The maximum atomic E-state index is 13.6. The molecular weight excluding hydrogens is 478 g/mol. The van der Waals surface area contributed by atoms with Crippen LogP contribution in [-0.4, -0.2) is 48.9 Å². The molecule has 1 aliphatic rings. The van der Waals surface area contributed by atoms with Crippen LogP contribution < -0.4 is 15.0 Å². The first kappa shape index (κ1) is 27.2. The van der Waals surface area contributed by atoms with Crippen LogP contribution in [0.25, 0.3) is 10.8 Å². The highest BCUT2D eigenvalue weighted by atomic mass is 16.5. The SMILES string of the molecule is CCCCNC(=O)[C@@H](CC)N(Cc1ccc(OC)cc1)C(=O)CCCN1C(=O)c2cccc3cccc1c23. The highest BCUT2D eigenvalue weighted by molar-refractivity contribution is 6.25. The van der Waals surface area contributed by atoms with E-state index in [1.54, 1.807) is 16.9 Å². The van der Waals surface area contributed by atoms with Gasteiger partial charge in [-0.2, -0.15) is 0 Å². The minimum atomic E-state index is -0.562. The molecule has 4 rings (SSSR count). The Kier molecular flexibility index (Phi) is 9.00. The molecule has 1 aliphatic heterocycles. The molecule has 7 heteroatoms. The molecule has 0 saturated carbocycles. The Labute approximate surface area is 224 Å². The number of amides is 3. The number of carbonyl (C=O) groups is 3. The van der Waals surface area contributed by atoms with E-state index in [9.17, 15) is 14.4 Å². The van der Waals surface area contributed by atoms with E-state index in [0.717, 1.165) is 40.6 Å². The Morgan fingerprint density at radius 1 is 1.00 bits per heavy atom. The van der Waals surface area contributed by atoms with E-state index in [1.807, 2.05) is 67.6 Å². The lowest BCUT2D eigenvalue weighted by Crippen LogP contribution is -2.49. The lowest BCUT2D eigenvalue weighted by Gasteiger charge is -2.31. The first-order valence-corrected chi connectivity index (χ1v) is 13.5. The molecule has 0 aliphatic carbocycles. The van der Waals surface area contributed by atoms with Crippen LogP contribution >= 0.6 is 0 Å². The Bertz CT molecular complexity index is 1280. The zero-order chi connectivity index (χ0) is 27.1. The van der Waals surface area contributed by atoms with Crippen molar-refractivity contribution in [2.45, 2.75) is 58.5 Å². The fourth-order valence-corrected chi connectivity index (χ4v) is 5.09. The first-order chi connectivity index (χ1) is 18.5. The van der Waals surface area contributed by atoms with Gasteiger partial charge in [-0.15, -0.1) is 0 Å². The van der Waals surface area contributed by atoms with Gasteiger partial charge in [0.15, 0.2) is 0 Å². The van der Waals surface area contributed by atoms with Crippen molar-refractivity contribution in [3.05, 3.63) is 71.8 Å². The summed E-state index contributed by atoms with van der Waals surface area (Å²) in [5.74, 6) is 0.490.